The Morgan fingerprint density at radius 3 is 3.11 bits per heavy atom. The molecule has 2 heterocycles. The van der Waals surface area contributed by atoms with Gasteiger partial charge >= 0.3 is 5.97 Å². The van der Waals surface area contributed by atoms with Crippen LogP contribution in [-0.2, 0) is 11.3 Å². The lowest BCUT2D eigenvalue weighted by Crippen LogP contribution is -2.45. The minimum absolute atomic E-state index is 0.0653. The van der Waals surface area contributed by atoms with Crippen LogP contribution in [0.4, 0.5) is 0 Å². The Balaban J connectivity index is 2.05. The van der Waals surface area contributed by atoms with Gasteiger partial charge in [-0.25, -0.2) is 10.1 Å². The first kappa shape index (κ1) is 9.53. The van der Waals surface area contributed by atoms with Gasteiger partial charge in [0.25, 0.3) is 0 Å². The number of cyclic esters (lactones) is 1. The molecule has 4 nitrogen and oxygen atoms in total. The van der Waals surface area contributed by atoms with Crippen LogP contribution in [0, 0.1) is 6.92 Å². The van der Waals surface area contributed by atoms with Crippen LogP contribution in [0.25, 0.3) is 0 Å². The number of hydrogen-bond donors (Lipinski definition) is 1. The van der Waals surface area contributed by atoms with Crippen LogP contribution in [0.2, 0.25) is 0 Å². The van der Waals surface area contributed by atoms with Gasteiger partial charge in [0, 0.05) is 30.7 Å². The predicted octanol–water partition coefficient (Wildman–Crippen LogP) is 1.30. The number of hydrogen-bond acceptors (Lipinski definition) is 3. The van der Waals surface area contributed by atoms with Crippen molar-refractivity contribution >= 4 is 5.97 Å². The van der Waals surface area contributed by atoms with Gasteiger partial charge < -0.3 is 10.1 Å². The molecule has 2 aliphatic heterocycles. The zero-order valence-electron chi connectivity index (χ0n) is 12.5. The Labute approximate surface area is 110 Å². The normalized spacial score (nSPS) is 31.3. The molecule has 4 heteroatoms. The maximum absolute atomic E-state index is 11.7. The van der Waals surface area contributed by atoms with E-state index in [1.54, 1.807) is 6.07 Å². The SMILES string of the molecule is [2H]C1([2H])OC(=O)c2ccc([C@@H]3C[N]C[C@H](C)N3)c(C)c21. The van der Waals surface area contributed by atoms with E-state index in [2.05, 4.69) is 17.6 Å². The minimum atomic E-state index is -2.04. The number of carbonyl (C=O) groups excluding carboxylic acids is 1. The lowest BCUT2D eigenvalue weighted by atomic mass is 9.93. The number of rotatable bonds is 1. The van der Waals surface area contributed by atoms with Gasteiger partial charge in [0.05, 0.1) is 8.30 Å². The zero-order chi connectivity index (χ0) is 14.5. The maximum Gasteiger partial charge on any atom is 0.338 e. The van der Waals surface area contributed by atoms with Crippen LogP contribution in [0.1, 0.15) is 42.8 Å². The third kappa shape index (κ3) is 1.82. The molecule has 0 unspecified atom stereocenters. The van der Waals surface area contributed by atoms with Crippen molar-refractivity contribution in [1.29, 1.82) is 0 Å². The first-order valence-electron chi connectivity index (χ1n) is 7.17. The molecule has 0 aliphatic carbocycles. The number of fused-ring (bicyclic) bond motifs is 1. The number of nitrogens with one attached hydrogen (secondary N) is 1. The van der Waals surface area contributed by atoms with E-state index in [1.165, 1.54) is 0 Å². The van der Waals surface area contributed by atoms with Gasteiger partial charge in [-0.15, -0.1) is 0 Å². The van der Waals surface area contributed by atoms with Crippen molar-refractivity contribution in [2.75, 3.05) is 13.1 Å². The largest absolute Gasteiger partial charge is 0.457 e. The first-order valence-corrected chi connectivity index (χ1v) is 6.17. The summed E-state index contributed by atoms with van der Waals surface area (Å²) in [6, 6.07) is 3.90. The third-order valence-corrected chi connectivity index (χ3v) is 3.55. The molecule has 0 amide bonds. The van der Waals surface area contributed by atoms with Crippen molar-refractivity contribution < 1.29 is 12.3 Å². The monoisotopic (exact) mass is 247 g/mol. The molecule has 1 N–H and O–H groups in total. The molecule has 0 spiro atoms. The minimum Gasteiger partial charge on any atom is -0.457 e. The molecule has 18 heavy (non-hydrogen) atoms. The highest BCUT2D eigenvalue weighted by molar-refractivity contribution is 5.93. The molecule has 1 saturated heterocycles. The molecule has 2 atom stereocenters. The van der Waals surface area contributed by atoms with E-state index in [0.29, 0.717) is 23.7 Å². The average molecular weight is 247 g/mol. The highest BCUT2D eigenvalue weighted by Gasteiger charge is 2.27. The van der Waals surface area contributed by atoms with Crippen molar-refractivity contribution in [2.24, 2.45) is 0 Å². The second kappa shape index (κ2) is 4.37. The maximum atomic E-state index is 11.7. The van der Waals surface area contributed by atoms with E-state index in [4.69, 9.17) is 7.48 Å². The molecule has 1 radical (unpaired) electrons. The van der Waals surface area contributed by atoms with Gasteiger partial charge in [0.2, 0.25) is 0 Å². The predicted molar refractivity (Wildman–Crippen MR) is 67.5 cm³/mol. The Hall–Kier alpha value is -1.39. The van der Waals surface area contributed by atoms with Crippen molar-refractivity contribution in [1.82, 2.24) is 10.6 Å². The quantitative estimate of drug-likeness (QED) is 0.761. The molecule has 0 bridgehead atoms. The number of piperazine rings is 1. The van der Waals surface area contributed by atoms with Gasteiger partial charge in [0.15, 0.2) is 0 Å². The summed E-state index contributed by atoms with van der Waals surface area (Å²) in [4.78, 5) is 11.7. The topological polar surface area (TPSA) is 52.4 Å². The van der Waals surface area contributed by atoms with Crippen molar-refractivity contribution in [3.63, 3.8) is 0 Å². The fourth-order valence-electron chi connectivity index (χ4n) is 2.59. The van der Waals surface area contributed by atoms with Crippen molar-refractivity contribution in [3.8, 4) is 0 Å². The fraction of sp³-hybridized carbons (Fsp3) is 0.500. The molecule has 2 aliphatic rings. The summed E-state index contributed by atoms with van der Waals surface area (Å²) < 4.78 is 20.6. The number of benzene rings is 1. The molecular weight excluding hydrogens is 228 g/mol. The van der Waals surface area contributed by atoms with Gasteiger partial charge in [0.1, 0.15) is 6.56 Å². The number of esters is 1. The van der Waals surface area contributed by atoms with Crippen LogP contribution in [-0.4, -0.2) is 25.1 Å². The summed E-state index contributed by atoms with van der Waals surface area (Å²) in [6.45, 7) is 3.34. The van der Waals surface area contributed by atoms with Gasteiger partial charge in [-0.3, -0.25) is 0 Å². The molecule has 0 saturated carbocycles. The summed E-state index contributed by atoms with van der Waals surface area (Å²) in [6.07, 6.45) is 0. The van der Waals surface area contributed by atoms with E-state index in [-0.39, 0.29) is 6.04 Å². The molecule has 1 fully saturated rings. The van der Waals surface area contributed by atoms with E-state index < -0.39 is 12.5 Å². The summed E-state index contributed by atoms with van der Waals surface area (Å²) in [5.74, 6) is -0.589. The lowest BCUT2D eigenvalue weighted by molar-refractivity contribution is 0.0535. The summed E-state index contributed by atoms with van der Waals surface area (Å²) in [7, 11) is 0. The lowest BCUT2D eigenvalue weighted by Gasteiger charge is -2.30. The van der Waals surface area contributed by atoms with Crippen LogP contribution in [0.3, 0.4) is 0 Å². The highest BCUT2D eigenvalue weighted by atomic mass is 16.5. The van der Waals surface area contributed by atoms with E-state index in [1.807, 2.05) is 13.0 Å². The molecule has 0 aromatic heterocycles. The zero-order valence-corrected chi connectivity index (χ0v) is 10.5. The van der Waals surface area contributed by atoms with E-state index >= 15 is 0 Å². The van der Waals surface area contributed by atoms with Crippen LogP contribution in [0.5, 0.6) is 0 Å². The van der Waals surface area contributed by atoms with Crippen molar-refractivity contribution in [2.45, 2.75) is 32.5 Å². The number of ether oxygens (including phenoxy) is 1. The van der Waals surface area contributed by atoms with Crippen molar-refractivity contribution in [3.05, 3.63) is 34.4 Å². The Morgan fingerprint density at radius 1 is 1.50 bits per heavy atom. The molecule has 3 rings (SSSR count). The van der Waals surface area contributed by atoms with Crippen LogP contribution >= 0.6 is 0 Å². The third-order valence-electron chi connectivity index (χ3n) is 3.55. The van der Waals surface area contributed by atoms with Crippen LogP contribution < -0.4 is 10.6 Å². The Bertz CT molecular complexity index is 575. The smallest absolute Gasteiger partial charge is 0.338 e. The standard InChI is InChI=1S/C14H17N2O2/c1-8-5-15-6-13(16-8)10-3-4-11-12(9(10)2)7-18-14(11)17/h3-4,8,13,16H,5-7H2,1-2H3/t8-,13-/m0/s1/i7D2. The van der Waals surface area contributed by atoms with E-state index in [9.17, 15) is 4.79 Å². The van der Waals surface area contributed by atoms with Gasteiger partial charge in [-0.1, -0.05) is 6.07 Å². The first-order chi connectivity index (χ1) is 9.40. The Kier molecular flexibility index (Phi) is 2.31. The molecule has 95 valence electrons. The summed E-state index contributed by atoms with van der Waals surface area (Å²) >= 11 is 0. The second-order valence-corrected chi connectivity index (χ2v) is 4.90. The second-order valence-electron chi connectivity index (χ2n) is 4.90. The summed E-state index contributed by atoms with van der Waals surface area (Å²) in [5.41, 5.74) is 2.46. The Morgan fingerprint density at radius 2 is 2.33 bits per heavy atom. The van der Waals surface area contributed by atoms with E-state index in [0.717, 1.165) is 17.7 Å². The summed E-state index contributed by atoms with van der Waals surface area (Å²) in [5, 5.41) is 7.91. The number of nitrogens with zero attached hydrogens (tertiary/aromatic N) is 1. The van der Waals surface area contributed by atoms with Gasteiger partial charge in [-0.05, 0) is 31.0 Å². The number of carbonyl (C=O) groups is 1. The molecule has 1 aromatic carbocycles. The molecular formula is C14H17N2O2. The molecule has 1 aromatic rings. The fourth-order valence-corrected chi connectivity index (χ4v) is 2.59. The van der Waals surface area contributed by atoms with Gasteiger partial charge in [-0.2, -0.15) is 0 Å². The highest BCUT2D eigenvalue weighted by Crippen LogP contribution is 2.29. The average Bonchev–Trinajstić information content (AvgIpc) is 2.60. The van der Waals surface area contributed by atoms with Crippen LogP contribution in [0.15, 0.2) is 12.1 Å².